The van der Waals surface area contributed by atoms with Crippen LogP contribution in [0.5, 0.6) is 0 Å². The van der Waals surface area contributed by atoms with Gasteiger partial charge in [0.05, 0.1) is 24.9 Å². The summed E-state index contributed by atoms with van der Waals surface area (Å²) >= 11 is 0. The number of allylic oxidation sites excluding steroid dienone is 1. The third kappa shape index (κ3) is 4.55. The Morgan fingerprint density at radius 1 is 1.16 bits per heavy atom. The van der Waals surface area contributed by atoms with Crippen LogP contribution >= 0.6 is 0 Å². The van der Waals surface area contributed by atoms with Crippen LogP contribution in [0, 0.1) is 5.92 Å². The van der Waals surface area contributed by atoms with Crippen LogP contribution in [-0.2, 0) is 14.3 Å². The molecule has 108 valence electrons. The van der Waals surface area contributed by atoms with Crippen LogP contribution in [0.1, 0.15) is 64.7 Å². The summed E-state index contributed by atoms with van der Waals surface area (Å²) in [4.78, 5) is 11.6. The molecule has 0 radical (unpaired) electrons. The average molecular weight is 266 g/mol. The van der Waals surface area contributed by atoms with Gasteiger partial charge in [0.25, 0.3) is 0 Å². The first kappa shape index (κ1) is 14.4. The number of rotatable bonds is 4. The second-order valence-corrected chi connectivity index (χ2v) is 5.70. The molecule has 0 aliphatic heterocycles. The average Bonchev–Trinajstić information content (AvgIpc) is 2.47. The normalized spacial score (nSPS) is 27.7. The van der Waals surface area contributed by atoms with Gasteiger partial charge >= 0.3 is 5.97 Å². The zero-order valence-corrected chi connectivity index (χ0v) is 12.0. The molecule has 0 heterocycles. The summed E-state index contributed by atoms with van der Waals surface area (Å²) in [5, 5.41) is 0. The van der Waals surface area contributed by atoms with E-state index in [4.69, 9.17) is 9.47 Å². The zero-order valence-electron chi connectivity index (χ0n) is 12.0. The van der Waals surface area contributed by atoms with E-state index in [1.807, 2.05) is 13.2 Å². The van der Waals surface area contributed by atoms with Gasteiger partial charge in [-0.05, 0) is 63.9 Å². The van der Waals surface area contributed by atoms with Crippen molar-refractivity contribution < 1.29 is 14.3 Å². The third-order valence-electron chi connectivity index (χ3n) is 4.22. The molecular weight excluding hydrogens is 240 g/mol. The Balaban J connectivity index is 1.69. The van der Waals surface area contributed by atoms with Crippen LogP contribution in [0.25, 0.3) is 0 Å². The fraction of sp³-hybridized carbons (Fsp3) is 0.812. The van der Waals surface area contributed by atoms with Gasteiger partial charge in [0.1, 0.15) is 0 Å². The van der Waals surface area contributed by atoms with E-state index in [0.717, 1.165) is 25.7 Å². The number of carbonyl (C=O) groups excluding carboxylic acids is 1. The predicted molar refractivity (Wildman–Crippen MR) is 74.6 cm³/mol. The van der Waals surface area contributed by atoms with Gasteiger partial charge in [-0.15, -0.1) is 0 Å². The molecule has 0 unspecified atom stereocenters. The second-order valence-electron chi connectivity index (χ2n) is 5.70. The lowest BCUT2D eigenvalue weighted by molar-refractivity contribution is -0.149. The highest BCUT2D eigenvalue weighted by molar-refractivity contribution is 5.72. The molecule has 2 aliphatic rings. The van der Waals surface area contributed by atoms with E-state index < -0.39 is 0 Å². The van der Waals surface area contributed by atoms with Crippen molar-refractivity contribution in [3.8, 4) is 0 Å². The Bertz CT molecular complexity index is 306. The Labute approximate surface area is 116 Å². The summed E-state index contributed by atoms with van der Waals surface area (Å²) in [6.07, 6.45) is 12.5. The van der Waals surface area contributed by atoms with E-state index in [2.05, 4.69) is 0 Å². The van der Waals surface area contributed by atoms with Crippen molar-refractivity contribution in [1.29, 1.82) is 0 Å². The van der Waals surface area contributed by atoms with E-state index in [1.165, 1.54) is 37.7 Å². The molecule has 0 aromatic rings. The van der Waals surface area contributed by atoms with Crippen LogP contribution in [0.3, 0.4) is 0 Å². The van der Waals surface area contributed by atoms with Crippen molar-refractivity contribution in [3.63, 3.8) is 0 Å². The van der Waals surface area contributed by atoms with Crippen molar-refractivity contribution >= 4 is 5.97 Å². The molecule has 3 heteroatoms. The van der Waals surface area contributed by atoms with Crippen LogP contribution in [-0.4, -0.2) is 18.7 Å². The SMILES string of the molecule is CCOC(=O)C1CCC(OC=C2CCCCC2)CC1. The van der Waals surface area contributed by atoms with Gasteiger partial charge in [-0.3, -0.25) is 4.79 Å². The minimum absolute atomic E-state index is 0.0217. The number of carbonyl (C=O) groups is 1. The summed E-state index contributed by atoms with van der Waals surface area (Å²) in [6, 6.07) is 0. The molecule has 19 heavy (non-hydrogen) atoms. The molecule has 0 bridgehead atoms. The van der Waals surface area contributed by atoms with Crippen molar-refractivity contribution in [1.82, 2.24) is 0 Å². The van der Waals surface area contributed by atoms with E-state index in [9.17, 15) is 4.79 Å². The molecule has 2 aliphatic carbocycles. The molecule has 0 aromatic carbocycles. The molecular formula is C16H26O3. The predicted octanol–water partition coefficient (Wildman–Crippen LogP) is 3.97. The summed E-state index contributed by atoms with van der Waals surface area (Å²) in [5.41, 5.74) is 1.47. The van der Waals surface area contributed by atoms with E-state index in [-0.39, 0.29) is 11.9 Å². The molecule has 2 fully saturated rings. The van der Waals surface area contributed by atoms with Crippen molar-refractivity contribution in [2.75, 3.05) is 6.61 Å². The van der Waals surface area contributed by atoms with Gasteiger partial charge in [0.2, 0.25) is 0 Å². The Kier molecular flexibility index (Phi) is 5.74. The lowest BCUT2D eigenvalue weighted by atomic mass is 9.87. The number of ether oxygens (including phenoxy) is 2. The topological polar surface area (TPSA) is 35.5 Å². The molecule has 0 aromatic heterocycles. The number of hydrogen-bond acceptors (Lipinski definition) is 3. The largest absolute Gasteiger partial charge is 0.498 e. The molecule has 2 rings (SSSR count). The van der Waals surface area contributed by atoms with Gasteiger partial charge in [0, 0.05) is 0 Å². The lowest BCUT2D eigenvalue weighted by Gasteiger charge is -2.27. The van der Waals surface area contributed by atoms with Crippen LogP contribution in [0.4, 0.5) is 0 Å². The smallest absolute Gasteiger partial charge is 0.308 e. The maximum atomic E-state index is 11.6. The van der Waals surface area contributed by atoms with Gasteiger partial charge in [-0.1, -0.05) is 6.42 Å². The van der Waals surface area contributed by atoms with Crippen molar-refractivity contribution in [2.24, 2.45) is 5.92 Å². The Morgan fingerprint density at radius 2 is 1.84 bits per heavy atom. The van der Waals surface area contributed by atoms with Crippen LogP contribution < -0.4 is 0 Å². The van der Waals surface area contributed by atoms with Crippen LogP contribution in [0.15, 0.2) is 11.8 Å². The highest BCUT2D eigenvalue weighted by Crippen LogP contribution is 2.29. The molecule has 0 spiro atoms. The molecule has 0 saturated heterocycles. The van der Waals surface area contributed by atoms with E-state index in [1.54, 1.807) is 0 Å². The molecule has 2 saturated carbocycles. The van der Waals surface area contributed by atoms with Gasteiger partial charge < -0.3 is 9.47 Å². The number of esters is 1. The minimum atomic E-state index is -0.0217. The summed E-state index contributed by atoms with van der Waals surface area (Å²) in [7, 11) is 0. The third-order valence-corrected chi connectivity index (χ3v) is 4.22. The summed E-state index contributed by atoms with van der Waals surface area (Å²) in [5.74, 6) is 0.0775. The maximum absolute atomic E-state index is 11.6. The molecule has 3 nitrogen and oxygen atoms in total. The van der Waals surface area contributed by atoms with Crippen LogP contribution in [0.2, 0.25) is 0 Å². The van der Waals surface area contributed by atoms with E-state index in [0.29, 0.717) is 12.7 Å². The number of hydrogen-bond donors (Lipinski definition) is 0. The first-order valence-electron chi connectivity index (χ1n) is 7.79. The van der Waals surface area contributed by atoms with E-state index >= 15 is 0 Å². The molecule has 0 amide bonds. The highest BCUT2D eigenvalue weighted by atomic mass is 16.5. The summed E-state index contributed by atoms with van der Waals surface area (Å²) in [6.45, 7) is 2.35. The minimum Gasteiger partial charge on any atom is -0.498 e. The quantitative estimate of drug-likeness (QED) is 0.570. The lowest BCUT2D eigenvalue weighted by Crippen LogP contribution is -2.26. The van der Waals surface area contributed by atoms with Crippen molar-refractivity contribution in [3.05, 3.63) is 11.8 Å². The Hall–Kier alpha value is -0.990. The fourth-order valence-electron chi connectivity index (χ4n) is 3.01. The van der Waals surface area contributed by atoms with Gasteiger partial charge in [-0.2, -0.15) is 0 Å². The highest BCUT2D eigenvalue weighted by Gasteiger charge is 2.27. The monoisotopic (exact) mass is 266 g/mol. The Morgan fingerprint density at radius 3 is 2.47 bits per heavy atom. The maximum Gasteiger partial charge on any atom is 0.308 e. The van der Waals surface area contributed by atoms with Crippen molar-refractivity contribution in [2.45, 2.75) is 70.8 Å². The first-order valence-corrected chi connectivity index (χ1v) is 7.79. The van der Waals surface area contributed by atoms with Gasteiger partial charge in [0.15, 0.2) is 0 Å². The zero-order chi connectivity index (χ0) is 13.5. The molecule has 0 N–H and O–H groups in total. The standard InChI is InChI=1S/C16H26O3/c1-2-18-16(17)14-8-10-15(11-9-14)19-12-13-6-4-3-5-7-13/h12,14-15H,2-11H2,1H3. The van der Waals surface area contributed by atoms with Gasteiger partial charge in [-0.25, -0.2) is 0 Å². The second kappa shape index (κ2) is 7.56. The first-order chi connectivity index (χ1) is 9.29. The molecule has 0 atom stereocenters. The summed E-state index contributed by atoms with van der Waals surface area (Å²) < 4.78 is 11.0. The fourth-order valence-corrected chi connectivity index (χ4v) is 3.01.